The van der Waals surface area contributed by atoms with Crippen molar-refractivity contribution >= 4 is 16.5 Å². The van der Waals surface area contributed by atoms with Gasteiger partial charge in [-0.1, -0.05) is 20.8 Å². The molecular weight excluding hydrogens is 270 g/mol. The van der Waals surface area contributed by atoms with Crippen LogP contribution < -0.4 is 10.6 Å². The van der Waals surface area contributed by atoms with Gasteiger partial charge in [0.05, 0.1) is 11.8 Å². The van der Waals surface area contributed by atoms with Crippen LogP contribution in [0, 0.1) is 0 Å². The van der Waals surface area contributed by atoms with Gasteiger partial charge in [0.25, 0.3) is 0 Å². The molecule has 1 aromatic heterocycles. The van der Waals surface area contributed by atoms with Crippen molar-refractivity contribution in [1.82, 2.24) is 4.98 Å². The summed E-state index contributed by atoms with van der Waals surface area (Å²) in [5, 5.41) is 1.13. The van der Waals surface area contributed by atoms with Crippen molar-refractivity contribution in [2.24, 2.45) is 5.73 Å². The van der Waals surface area contributed by atoms with Gasteiger partial charge in [0.15, 0.2) is 5.13 Å². The predicted octanol–water partition coefficient (Wildman–Crippen LogP) is 2.90. The molecule has 4 nitrogen and oxygen atoms in total. The van der Waals surface area contributed by atoms with E-state index in [4.69, 9.17) is 15.5 Å². The maximum Gasteiger partial charge on any atom is 0.185 e. The number of piperidine rings is 1. The van der Waals surface area contributed by atoms with Gasteiger partial charge in [-0.2, -0.15) is 0 Å². The number of aromatic nitrogens is 1. The van der Waals surface area contributed by atoms with Crippen LogP contribution in [-0.2, 0) is 16.7 Å². The number of thiazole rings is 1. The van der Waals surface area contributed by atoms with Gasteiger partial charge in [-0.15, -0.1) is 11.3 Å². The van der Waals surface area contributed by atoms with E-state index < -0.39 is 0 Å². The first kappa shape index (κ1) is 15.7. The average molecular weight is 297 g/mol. The Morgan fingerprint density at radius 3 is 2.45 bits per heavy atom. The first-order valence-corrected chi connectivity index (χ1v) is 8.34. The maximum atomic E-state index is 5.88. The second-order valence-corrected chi connectivity index (χ2v) is 7.43. The Morgan fingerprint density at radius 1 is 1.35 bits per heavy atom. The highest BCUT2D eigenvalue weighted by atomic mass is 32.1. The van der Waals surface area contributed by atoms with Gasteiger partial charge in [0.1, 0.15) is 0 Å². The molecule has 0 spiro atoms. The lowest BCUT2D eigenvalue weighted by atomic mass is 9.91. The van der Waals surface area contributed by atoms with Gasteiger partial charge >= 0.3 is 0 Å². The fourth-order valence-electron chi connectivity index (χ4n) is 2.65. The standard InChI is InChI=1S/C15H27N3OS/c1-5-19-11-6-8-18(9-7-11)14-17-13(15(2,3)4)12(10-16)20-14/h11H,5-10,16H2,1-4H3. The number of ether oxygens (including phenoxy) is 1. The third-order valence-electron chi connectivity index (χ3n) is 3.70. The van der Waals surface area contributed by atoms with E-state index >= 15 is 0 Å². The van der Waals surface area contributed by atoms with E-state index in [2.05, 4.69) is 32.6 Å². The number of nitrogens with zero attached hydrogens (tertiary/aromatic N) is 2. The van der Waals surface area contributed by atoms with Crippen molar-refractivity contribution in [1.29, 1.82) is 0 Å². The van der Waals surface area contributed by atoms with Crippen molar-refractivity contribution < 1.29 is 4.74 Å². The summed E-state index contributed by atoms with van der Waals surface area (Å²) in [4.78, 5) is 8.48. The molecular formula is C15H27N3OS. The van der Waals surface area contributed by atoms with Gasteiger partial charge < -0.3 is 15.4 Å². The molecule has 114 valence electrons. The molecule has 1 aliphatic heterocycles. The van der Waals surface area contributed by atoms with Crippen molar-refractivity contribution in [3.05, 3.63) is 10.6 Å². The average Bonchev–Trinajstić information content (AvgIpc) is 2.84. The molecule has 0 aromatic carbocycles. The zero-order valence-corrected chi connectivity index (χ0v) is 13.9. The number of nitrogens with two attached hydrogens (primary N) is 1. The first-order chi connectivity index (χ1) is 9.45. The lowest BCUT2D eigenvalue weighted by molar-refractivity contribution is 0.0459. The number of anilines is 1. The molecule has 0 unspecified atom stereocenters. The second kappa shape index (κ2) is 6.41. The van der Waals surface area contributed by atoms with Crippen molar-refractivity contribution in [2.75, 3.05) is 24.6 Å². The van der Waals surface area contributed by atoms with Crippen LogP contribution >= 0.6 is 11.3 Å². The van der Waals surface area contributed by atoms with Gasteiger partial charge in [-0.05, 0) is 19.8 Å². The summed E-state index contributed by atoms with van der Waals surface area (Å²) < 4.78 is 5.71. The zero-order valence-electron chi connectivity index (χ0n) is 13.1. The Hall–Kier alpha value is -0.650. The summed E-state index contributed by atoms with van der Waals surface area (Å²) >= 11 is 1.76. The minimum absolute atomic E-state index is 0.0626. The molecule has 0 amide bonds. The van der Waals surface area contributed by atoms with E-state index in [1.807, 2.05) is 0 Å². The normalized spacial score (nSPS) is 17.8. The summed E-state index contributed by atoms with van der Waals surface area (Å²) in [6.45, 7) is 12.1. The van der Waals surface area contributed by atoms with E-state index in [0.29, 0.717) is 12.6 Å². The van der Waals surface area contributed by atoms with Crippen LogP contribution in [0.15, 0.2) is 0 Å². The Kier molecular flexibility index (Phi) is 5.04. The lowest BCUT2D eigenvalue weighted by Gasteiger charge is -2.31. The molecule has 0 radical (unpaired) electrons. The van der Waals surface area contributed by atoms with Gasteiger partial charge in [0.2, 0.25) is 0 Å². The fourth-order valence-corrected chi connectivity index (χ4v) is 3.85. The van der Waals surface area contributed by atoms with Crippen molar-refractivity contribution in [3.63, 3.8) is 0 Å². The minimum atomic E-state index is 0.0626. The molecule has 2 heterocycles. The predicted molar refractivity (Wildman–Crippen MR) is 85.6 cm³/mol. The molecule has 0 saturated carbocycles. The molecule has 1 fully saturated rings. The Morgan fingerprint density at radius 2 is 2.00 bits per heavy atom. The summed E-state index contributed by atoms with van der Waals surface area (Å²) in [6.07, 6.45) is 2.61. The summed E-state index contributed by atoms with van der Waals surface area (Å²) in [7, 11) is 0. The van der Waals surface area contributed by atoms with E-state index in [0.717, 1.165) is 43.4 Å². The van der Waals surface area contributed by atoms with Crippen LogP contribution in [0.1, 0.15) is 51.1 Å². The van der Waals surface area contributed by atoms with Crippen molar-refractivity contribution in [2.45, 2.75) is 58.6 Å². The summed E-state index contributed by atoms with van der Waals surface area (Å²) in [5.41, 5.74) is 7.11. The highest BCUT2D eigenvalue weighted by Crippen LogP contribution is 2.34. The zero-order chi connectivity index (χ0) is 14.8. The van der Waals surface area contributed by atoms with Crippen LogP contribution in [0.2, 0.25) is 0 Å². The fraction of sp³-hybridized carbons (Fsp3) is 0.800. The highest BCUT2D eigenvalue weighted by molar-refractivity contribution is 7.15. The molecule has 1 aromatic rings. The van der Waals surface area contributed by atoms with Crippen LogP contribution in [0.5, 0.6) is 0 Å². The van der Waals surface area contributed by atoms with Crippen LogP contribution in [-0.4, -0.2) is 30.8 Å². The SMILES string of the molecule is CCOC1CCN(c2nc(C(C)(C)C)c(CN)s2)CC1. The highest BCUT2D eigenvalue weighted by Gasteiger charge is 2.26. The molecule has 1 saturated heterocycles. The van der Waals surface area contributed by atoms with Crippen LogP contribution in [0.25, 0.3) is 0 Å². The summed E-state index contributed by atoms with van der Waals surface area (Å²) in [5.74, 6) is 0. The molecule has 20 heavy (non-hydrogen) atoms. The molecule has 0 aliphatic carbocycles. The van der Waals surface area contributed by atoms with E-state index in [1.165, 1.54) is 4.88 Å². The molecule has 1 aliphatic rings. The maximum absolute atomic E-state index is 5.88. The smallest absolute Gasteiger partial charge is 0.185 e. The molecule has 0 atom stereocenters. The number of hydrogen-bond acceptors (Lipinski definition) is 5. The molecule has 2 N–H and O–H groups in total. The van der Waals surface area contributed by atoms with Crippen molar-refractivity contribution in [3.8, 4) is 0 Å². The van der Waals surface area contributed by atoms with Gasteiger partial charge in [-0.3, -0.25) is 0 Å². The first-order valence-electron chi connectivity index (χ1n) is 7.52. The molecule has 2 rings (SSSR count). The second-order valence-electron chi connectivity index (χ2n) is 6.36. The van der Waals surface area contributed by atoms with E-state index in [9.17, 15) is 0 Å². The van der Waals surface area contributed by atoms with E-state index in [-0.39, 0.29) is 5.41 Å². The topological polar surface area (TPSA) is 51.4 Å². The molecule has 5 heteroatoms. The Balaban J connectivity index is 2.09. The third kappa shape index (κ3) is 3.51. The van der Waals surface area contributed by atoms with Gasteiger partial charge in [-0.25, -0.2) is 4.98 Å². The number of rotatable bonds is 4. The van der Waals surface area contributed by atoms with E-state index in [1.54, 1.807) is 11.3 Å². The monoisotopic (exact) mass is 297 g/mol. The van der Waals surface area contributed by atoms with Crippen LogP contribution in [0.3, 0.4) is 0 Å². The quantitative estimate of drug-likeness (QED) is 0.928. The third-order valence-corrected chi connectivity index (χ3v) is 4.84. The Bertz CT molecular complexity index is 431. The summed E-state index contributed by atoms with van der Waals surface area (Å²) in [6, 6.07) is 0. The largest absolute Gasteiger partial charge is 0.378 e. The number of hydrogen-bond donors (Lipinski definition) is 1. The lowest BCUT2D eigenvalue weighted by Crippen LogP contribution is -2.37. The minimum Gasteiger partial charge on any atom is -0.378 e. The Labute approximate surface area is 126 Å². The van der Waals surface area contributed by atoms with Crippen LogP contribution in [0.4, 0.5) is 5.13 Å². The molecule has 0 bridgehead atoms. The van der Waals surface area contributed by atoms with Gasteiger partial charge in [0, 0.05) is 36.5 Å².